The molecule has 0 saturated heterocycles. The third-order valence-electron chi connectivity index (χ3n) is 4.83. The number of nitrogens with one attached hydrogen (secondary N) is 2. The number of sulfone groups is 1. The highest BCUT2D eigenvalue weighted by Crippen LogP contribution is 2.35. The molecule has 0 spiro atoms. The third-order valence-corrected chi connectivity index (χ3v) is 6.49. The highest BCUT2D eigenvalue weighted by atomic mass is 32.2. The van der Waals surface area contributed by atoms with Gasteiger partial charge in [-0.15, -0.1) is 0 Å². The molecule has 32 heavy (non-hydrogen) atoms. The summed E-state index contributed by atoms with van der Waals surface area (Å²) in [6.45, 7) is 1.72. The maximum absolute atomic E-state index is 13.0. The highest BCUT2D eigenvalue weighted by Gasteiger charge is 2.36. The second kappa shape index (κ2) is 9.73. The van der Waals surface area contributed by atoms with Crippen molar-refractivity contribution in [2.75, 3.05) is 26.6 Å². The summed E-state index contributed by atoms with van der Waals surface area (Å²) in [7, 11) is -0.899. The van der Waals surface area contributed by atoms with Gasteiger partial charge in [-0.25, -0.2) is 18.0 Å². The fourth-order valence-corrected chi connectivity index (χ4v) is 4.71. The van der Waals surface area contributed by atoms with Gasteiger partial charge >= 0.3 is 12.0 Å². The minimum absolute atomic E-state index is 0.00169. The van der Waals surface area contributed by atoms with E-state index in [4.69, 9.17) is 14.2 Å². The molecule has 10 heteroatoms. The highest BCUT2D eigenvalue weighted by molar-refractivity contribution is 7.91. The van der Waals surface area contributed by atoms with E-state index in [1.165, 1.54) is 26.4 Å². The van der Waals surface area contributed by atoms with E-state index < -0.39 is 33.6 Å². The minimum atomic E-state index is -3.85. The zero-order valence-corrected chi connectivity index (χ0v) is 18.7. The predicted octanol–water partition coefficient (Wildman–Crippen LogP) is 2.35. The van der Waals surface area contributed by atoms with E-state index in [-0.39, 0.29) is 22.8 Å². The Morgan fingerprint density at radius 2 is 1.72 bits per heavy atom. The van der Waals surface area contributed by atoms with Gasteiger partial charge in [0.15, 0.2) is 21.3 Å². The lowest BCUT2D eigenvalue weighted by atomic mass is 9.95. The van der Waals surface area contributed by atoms with E-state index in [9.17, 15) is 18.0 Å². The molecule has 0 aromatic heterocycles. The molecule has 0 bridgehead atoms. The summed E-state index contributed by atoms with van der Waals surface area (Å²) in [4.78, 5) is 25.4. The molecule has 1 heterocycles. The monoisotopic (exact) mass is 460 g/mol. The quantitative estimate of drug-likeness (QED) is 0.580. The molecule has 2 aromatic rings. The molecule has 0 aliphatic carbocycles. The van der Waals surface area contributed by atoms with Gasteiger partial charge in [0.2, 0.25) is 0 Å². The Hall–Kier alpha value is -3.53. The lowest BCUT2D eigenvalue weighted by Gasteiger charge is -2.29. The summed E-state index contributed by atoms with van der Waals surface area (Å²) in [6.07, 6.45) is 0. The standard InChI is InChI=1S/C22H24N2O7S/c1-4-31-21(25)19-16(13-32(27,28)15-8-6-5-7-9-15)23-22(26)24-20(19)14-10-11-17(29-2)18(12-14)30-3/h5-12,20H,4,13H2,1-3H3,(H2,23,24,26)/t20-/m1/s1. The Bertz CT molecular complexity index is 1140. The number of urea groups is 1. The first-order chi connectivity index (χ1) is 15.3. The smallest absolute Gasteiger partial charge is 0.338 e. The van der Waals surface area contributed by atoms with Gasteiger partial charge in [-0.3, -0.25) is 0 Å². The van der Waals surface area contributed by atoms with Gasteiger partial charge in [-0.2, -0.15) is 0 Å². The molecule has 2 amide bonds. The first-order valence-corrected chi connectivity index (χ1v) is 11.4. The number of carbonyl (C=O) groups excluding carboxylic acids is 2. The van der Waals surface area contributed by atoms with Crippen LogP contribution >= 0.6 is 0 Å². The minimum Gasteiger partial charge on any atom is -0.493 e. The van der Waals surface area contributed by atoms with Crippen molar-refractivity contribution in [3.05, 3.63) is 65.4 Å². The number of hydrogen-bond acceptors (Lipinski definition) is 7. The Labute approximate surface area is 186 Å². The lowest BCUT2D eigenvalue weighted by molar-refractivity contribution is -0.139. The van der Waals surface area contributed by atoms with Crippen molar-refractivity contribution in [3.63, 3.8) is 0 Å². The summed E-state index contributed by atoms with van der Waals surface area (Å²) in [6, 6.07) is 11.1. The van der Waals surface area contributed by atoms with Crippen LogP contribution < -0.4 is 20.1 Å². The number of benzene rings is 2. The zero-order chi connectivity index (χ0) is 23.3. The number of esters is 1. The van der Waals surface area contributed by atoms with E-state index in [0.29, 0.717) is 17.1 Å². The Morgan fingerprint density at radius 1 is 1.03 bits per heavy atom. The van der Waals surface area contributed by atoms with Crippen LogP contribution in [0.5, 0.6) is 11.5 Å². The maximum atomic E-state index is 13.0. The average Bonchev–Trinajstić information content (AvgIpc) is 2.78. The molecule has 0 radical (unpaired) electrons. The van der Waals surface area contributed by atoms with Crippen molar-refractivity contribution in [1.29, 1.82) is 0 Å². The summed E-state index contributed by atoms with van der Waals surface area (Å²) in [5.41, 5.74) is 0.448. The molecule has 1 aliphatic rings. The average molecular weight is 461 g/mol. The number of rotatable bonds is 8. The van der Waals surface area contributed by atoms with Crippen molar-refractivity contribution < 1.29 is 32.2 Å². The maximum Gasteiger partial charge on any atom is 0.338 e. The largest absolute Gasteiger partial charge is 0.493 e. The lowest BCUT2D eigenvalue weighted by Crippen LogP contribution is -2.47. The van der Waals surface area contributed by atoms with Gasteiger partial charge in [-0.05, 0) is 36.8 Å². The third kappa shape index (κ3) is 4.86. The molecule has 9 nitrogen and oxygen atoms in total. The number of carbonyl (C=O) groups is 2. The van der Waals surface area contributed by atoms with Crippen molar-refractivity contribution in [3.8, 4) is 11.5 Å². The van der Waals surface area contributed by atoms with Gasteiger partial charge in [0.1, 0.15) is 0 Å². The summed E-state index contributed by atoms with van der Waals surface area (Å²) in [5.74, 6) is -0.468. The number of methoxy groups -OCH3 is 2. The Morgan fingerprint density at radius 3 is 2.34 bits per heavy atom. The van der Waals surface area contributed by atoms with E-state index in [2.05, 4.69) is 10.6 Å². The van der Waals surface area contributed by atoms with Crippen LogP contribution in [-0.2, 0) is 19.4 Å². The predicted molar refractivity (Wildman–Crippen MR) is 116 cm³/mol. The second-order valence-electron chi connectivity index (χ2n) is 6.83. The van der Waals surface area contributed by atoms with Crippen molar-refractivity contribution in [1.82, 2.24) is 10.6 Å². The Kier molecular flexibility index (Phi) is 7.04. The van der Waals surface area contributed by atoms with E-state index in [1.807, 2.05) is 0 Å². The van der Waals surface area contributed by atoms with Crippen LogP contribution in [-0.4, -0.2) is 47.0 Å². The van der Waals surface area contributed by atoms with Gasteiger partial charge in [0, 0.05) is 5.70 Å². The summed E-state index contributed by atoms with van der Waals surface area (Å²) >= 11 is 0. The van der Waals surface area contributed by atoms with Crippen LogP contribution in [0.3, 0.4) is 0 Å². The first-order valence-electron chi connectivity index (χ1n) is 9.78. The molecule has 0 saturated carbocycles. The molecular weight excluding hydrogens is 436 g/mol. The van der Waals surface area contributed by atoms with Crippen LogP contribution in [0.25, 0.3) is 0 Å². The van der Waals surface area contributed by atoms with Gasteiger partial charge in [0.05, 0.1) is 43.1 Å². The van der Waals surface area contributed by atoms with Crippen molar-refractivity contribution in [2.45, 2.75) is 17.9 Å². The van der Waals surface area contributed by atoms with E-state index in [1.54, 1.807) is 43.3 Å². The topological polar surface area (TPSA) is 120 Å². The van der Waals surface area contributed by atoms with Crippen LogP contribution in [0, 0.1) is 0 Å². The van der Waals surface area contributed by atoms with Gasteiger partial charge in [0.25, 0.3) is 0 Å². The fraction of sp³-hybridized carbons (Fsp3) is 0.273. The van der Waals surface area contributed by atoms with Crippen molar-refractivity contribution in [2.24, 2.45) is 0 Å². The van der Waals surface area contributed by atoms with E-state index >= 15 is 0 Å². The molecule has 0 unspecified atom stereocenters. The molecule has 0 fully saturated rings. The molecule has 3 rings (SSSR count). The molecule has 170 valence electrons. The first kappa shape index (κ1) is 23.1. The van der Waals surface area contributed by atoms with Crippen LogP contribution in [0.2, 0.25) is 0 Å². The van der Waals surface area contributed by atoms with Gasteiger partial charge in [-0.1, -0.05) is 24.3 Å². The van der Waals surface area contributed by atoms with Crippen molar-refractivity contribution >= 4 is 21.8 Å². The number of amides is 2. The van der Waals surface area contributed by atoms with Crippen LogP contribution in [0.4, 0.5) is 4.79 Å². The molecule has 1 atom stereocenters. The van der Waals surface area contributed by atoms with Crippen LogP contribution in [0.15, 0.2) is 64.7 Å². The molecular formula is C22H24N2O7S. The molecule has 2 N–H and O–H groups in total. The number of hydrogen-bond donors (Lipinski definition) is 2. The second-order valence-corrected chi connectivity index (χ2v) is 8.82. The van der Waals surface area contributed by atoms with E-state index in [0.717, 1.165) is 0 Å². The van der Waals surface area contributed by atoms with Crippen LogP contribution in [0.1, 0.15) is 18.5 Å². The SMILES string of the molecule is CCOC(=O)C1=C(CS(=O)(=O)c2ccccc2)NC(=O)N[C@@H]1c1ccc(OC)c(OC)c1. The Balaban J connectivity index is 2.12. The molecule has 2 aromatic carbocycles. The normalized spacial score (nSPS) is 16.1. The molecule has 1 aliphatic heterocycles. The summed E-state index contributed by atoms with van der Waals surface area (Å²) < 4.78 is 41.7. The van der Waals surface area contributed by atoms with Gasteiger partial charge < -0.3 is 24.8 Å². The number of ether oxygens (including phenoxy) is 3. The zero-order valence-electron chi connectivity index (χ0n) is 17.9. The fourth-order valence-electron chi connectivity index (χ4n) is 3.37. The summed E-state index contributed by atoms with van der Waals surface area (Å²) in [5, 5.41) is 5.14.